The molecule has 0 aromatic heterocycles. The molecule has 18 heavy (non-hydrogen) atoms. The van der Waals surface area contributed by atoms with Gasteiger partial charge in [0.1, 0.15) is 0 Å². The SMILES string of the molecule is CC1CCCC1CNC(=O)c1cc(N)cc(Br)c1. The Bertz CT molecular complexity index is 427. The zero-order chi connectivity index (χ0) is 13.1. The summed E-state index contributed by atoms with van der Waals surface area (Å²) in [7, 11) is 0. The number of nitrogens with two attached hydrogens (primary N) is 1. The lowest BCUT2D eigenvalue weighted by atomic mass is 9.98. The number of carbonyl (C=O) groups excluding carboxylic acids is 1. The second-order valence-electron chi connectivity index (χ2n) is 5.15. The molecule has 3 nitrogen and oxygen atoms in total. The molecule has 1 fully saturated rings. The first kappa shape index (κ1) is 13.4. The van der Waals surface area contributed by atoms with Crippen molar-refractivity contribution in [3.05, 3.63) is 28.2 Å². The van der Waals surface area contributed by atoms with Crippen molar-refractivity contribution in [1.29, 1.82) is 0 Å². The first-order valence-corrected chi connectivity index (χ1v) is 7.20. The first-order valence-electron chi connectivity index (χ1n) is 6.40. The van der Waals surface area contributed by atoms with Crippen LogP contribution in [0.2, 0.25) is 0 Å². The lowest BCUT2D eigenvalue weighted by molar-refractivity contribution is 0.0944. The number of hydrogen-bond acceptors (Lipinski definition) is 2. The van der Waals surface area contributed by atoms with Crippen LogP contribution in [0.4, 0.5) is 5.69 Å². The Kier molecular flexibility index (Phi) is 4.27. The van der Waals surface area contributed by atoms with Crippen molar-refractivity contribution in [2.24, 2.45) is 11.8 Å². The van der Waals surface area contributed by atoms with Crippen LogP contribution in [0.3, 0.4) is 0 Å². The Morgan fingerprint density at radius 2 is 2.22 bits per heavy atom. The standard InChI is InChI=1S/C14H19BrN2O/c1-9-3-2-4-10(9)8-17-14(18)11-5-12(15)7-13(16)6-11/h5-7,9-10H,2-4,8,16H2,1H3,(H,17,18). The summed E-state index contributed by atoms with van der Waals surface area (Å²) in [5.41, 5.74) is 6.95. The normalized spacial score (nSPS) is 23.0. The molecule has 0 spiro atoms. The molecule has 3 N–H and O–H groups in total. The van der Waals surface area contributed by atoms with Gasteiger partial charge >= 0.3 is 0 Å². The van der Waals surface area contributed by atoms with E-state index in [9.17, 15) is 4.79 Å². The van der Waals surface area contributed by atoms with Gasteiger partial charge in [0.2, 0.25) is 0 Å². The molecule has 2 unspecified atom stereocenters. The summed E-state index contributed by atoms with van der Waals surface area (Å²) in [4.78, 5) is 12.0. The predicted octanol–water partition coefficient (Wildman–Crippen LogP) is 3.20. The molecule has 0 bridgehead atoms. The number of benzene rings is 1. The summed E-state index contributed by atoms with van der Waals surface area (Å²) in [6.45, 7) is 3.04. The molecular formula is C14H19BrN2O. The molecule has 1 amide bonds. The second kappa shape index (κ2) is 5.74. The summed E-state index contributed by atoms with van der Waals surface area (Å²) in [5.74, 6) is 1.30. The maximum Gasteiger partial charge on any atom is 0.251 e. The number of carbonyl (C=O) groups is 1. The van der Waals surface area contributed by atoms with Crippen LogP contribution in [0.25, 0.3) is 0 Å². The van der Waals surface area contributed by atoms with E-state index in [1.54, 1.807) is 18.2 Å². The summed E-state index contributed by atoms with van der Waals surface area (Å²) in [6.07, 6.45) is 3.79. The molecule has 98 valence electrons. The fraction of sp³-hybridized carbons (Fsp3) is 0.500. The Morgan fingerprint density at radius 3 is 2.83 bits per heavy atom. The summed E-state index contributed by atoms with van der Waals surface area (Å²) in [6, 6.07) is 5.29. The van der Waals surface area contributed by atoms with Crippen molar-refractivity contribution in [3.8, 4) is 0 Å². The third kappa shape index (κ3) is 3.25. The van der Waals surface area contributed by atoms with E-state index in [-0.39, 0.29) is 5.91 Å². The minimum absolute atomic E-state index is 0.0397. The maximum absolute atomic E-state index is 12.0. The number of hydrogen-bond donors (Lipinski definition) is 2. The number of nitrogens with one attached hydrogen (secondary N) is 1. The van der Waals surface area contributed by atoms with Crippen LogP contribution in [0.5, 0.6) is 0 Å². The van der Waals surface area contributed by atoms with E-state index in [4.69, 9.17) is 5.73 Å². The molecule has 1 aliphatic rings. The number of nitrogen functional groups attached to an aromatic ring is 1. The van der Waals surface area contributed by atoms with Gasteiger partial charge in [-0.25, -0.2) is 0 Å². The van der Waals surface area contributed by atoms with Crippen LogP contribution < -0.4 is 11.1 Å². The first-order chi connectivity index (χ1) is 8.56. The zero-order valence-corrected chi connectivity index (χ0v) is 12.2. The fourth-order valence-electron chi connectivity index (χ4n) is 2.59. The van der Waals surface area contributed by atoms with E-state index in [2.05, 4.69) is 28.2 Å². The second-order valence-corrected chi connectivity index (χ2v) is 6.07. The van der Waals surface area contributed by atoms with Gasteiger partial charge in [-0.1, -0.05) is 35.7 Å². The lowest BCUT2D eigenvalue weighted by Crippen LogP contribution is -2.30. The molecule has 1 aliphatic carbocycles. The zero-order valence-electron chi connectivity index (χ0n) is 10.6. The minimum atomic E-state index is -0.0397. The van der Waals surface area contributed by atoms with E-state index in [1.807, 2.05) is 0 Å². The van der Waals surface area contributed by atoms with E-state index in [1.165, 1.54) is 19.3 Å². The van der Waals surface area contributed by atoms with Crippen LogP contribution >= 0.6 is 15.9 Å². The average molecular weight is 311 g/mol. The third-order valence-corrected chi connectivity index (χ3v) is 4.20. The Balaban J connectivity index is 1.95. The van der Waals surface area contributed by atoms with Gasteiger partial charge in [-0.05, 0) is 36.5 Å². The van der Waals surface area contributed by atoms with E-state index >= 15 is 0 Å². The van der Waals surface area contributed by atoms with Crippen LogP contribution in [0, 0.1) is 11.8 Å². The molecule has 0 radical (unpaired) electrons. The van der Waals surface area contributed by atoms with Crippen molar-refractivity contribution >= 4 is 27.5 Å². The molecule has 0 aliphatic heterocycles. The highest BCUT2D eigenvalue weighted by Gasteiger charge is 2.23. The molecule has 1 aromatic carbocycles. The van der Waals surface area contributed by atoms with E-state index in [0.717, 1.165) is 16.9 Å². The smallest absolute Gasteiger partial charge is 0.251 e. The van der Waals surface area contributed by atoms with Gasteiger partial charge in [0, 0.05) is 22.3 Å². The van der Waals surface area contributed by atoms with Crippen molar-refractivity contribution in [1.82, 2.24) is 5.32 Å². The van der Waals surface area contributed by atoms with Crippen molar-refractivity contribution in [2.45, 2.75) is 26.2 Å². The third-order valence-electron chi connectivity index (χ3n) is 3.75. The highest BCUT2D eigenvalue weighted by molar-refractivity contribution is 9.10. The van der Waals surface area contributed by atoms with E-state index < -0.39 is 0 Å². The summed E-state index contributed by atoms with van der Waals surface area (Å²) >= 11 is 3.35. The number of rotatable bonds is 3. The van der Waals surface area contributed by atoms with Gasteiger partial charge in [-0.3, -0.25) is 4.79 Å². The van der Waals surface area contributed by atoms with Crippen molar-refractivity contribution in [3.63, 3.8) is 0 Å². The van der Waals surface area contributed by atoms with Gasteiger partial charge in [0.25, 0.3) is 5.91 Å². The average Bonchev–Trinajstić information content (AvgIpc) is 2.70. The number of halogens is 1. The van der Waals surface area contributed by atoms with Gasteiger partial charge in [0.05, 0.1) is 0 Å². The molecular weight excluding hydrogens is 292 g/mol. The topological polar surface area (TPSA) is 55.1 Å². The molecule has 1 aromatic rings. The molecule has 0 saturated heterocycles. The quantitative estimate of drug-likeness (QED) is 0.842. The summed E-state index contributed by atoms with van der Waals surface area (Å²) in [5, 5.41) is 3.01. The maximum atomic E-state index is 12.0. The molecule has 2 rings (SSSR count). The van der Waals surface area contributed by atoms with Gasteiger partial charge in [0.15, 0.2) is 0 Å². The van der Waals surface area contributed by atoms with Crippen molar-refractivity contribution in [2.75, 3.05) is 12.3 Å². The Labute approximate surface area is 116 Å². The Hall–Kier alpha value is -1.03. The fourth-order valence-corrected chi connectivity index (χ4v) is 3.11. The highest BCUT2D eigenvalue weighted by atomic mass is 79.9. The summed E-state index contributed by atoms with van der Waals surface area (Å²) < 4.78 is 0.835. The number of amides is 1. The highest BCUT2D eigenvalue weighted by Crippen LogP contribution is 2.30. The molecule has 0 heterocycles. The molecule has 4 heteroatoms. The van der Waals surface area contributed by atoms with Gasteiger partial charge in [-0.2, -0.15) is 0 Å². The van der Waals surface area contributed by atoms with E-state index in [0.29, 0.717) is 17.2 Å². The van der Waals surface area contributed by atoms with Crippen LogP contribution in [0.15, 0.2) is 22.7 Å². The van der Waals surface area contributed by atoms with Crippen molar-refractivity contribution < 1.29 is 4.79 Å². The van der Waals surface area contributed by atoms with Gasteiger partial charge < -0.3 is 11.1 Å². The van der Waals surface area contributed by atoms with Crippen LogP contribution in [0.1, 0.15) is 36.5 Å². The minimum Gasteiger partial charge on any atom is -0.399 e. The molecule has 2 atom stereocenters. The largest absolute Gasteiger partial charge is 0.399 e. The predicted molar refractivity (Wildman–Crippen MR) is 77.4 cm³/mol. The lowest BCUT2D eigenvalue weighted by Gasteiger charge is -2.16. The monoisotopic (exact) mass is 310 g/mol. The Morgan fingerprint density at radius 1 is 1.44 bits per heavy atom. The van der Waals surface area contributed by atoms with Gasteiger partial charge in [-0.15, -0.1) is 0 Å². The van der Waals surface area contributed by atoms with Crippen LogP contribution in [-0.4, -0.2) is 12.5 Å². The van der Waals surface area contributed by atoms with Crippen LogP contribution in [-0.2, 0) is 0 Å². The number of anilines is 1. The molecule has 1 saturated carbocycles.